The standard InChI is InChI=1S/C79H151NO5/c1-3-5-7-9-11-13-15-17-18-19-39-43-46-49-53-57-61-65-69-73-79(84)85-74-70-66-62-58-54-50-47-44-41-38-36-34-32-30-28-26-24-22-20-21-23-25-27-29-31-33-35-37-40-42-45-48-52-56-60-64-68-72-78(83)80-76(75-81)77(82)71-67-63-59-55-51-16-14-12-10-8-6-4-2/h11,13,17-18,20,22,76-77,81-82H,3-10,12,14-16,19,21,23-75H2,1-2H3,(H,80,83)/b13-11-,18-17-,22-20-. The molecule has 2 atom stereocenters. The quantitative estimate of drug-likeness (QED) is 0.0320. The van der Waals surface area contributed by atoms with Crippen molar-refractivity contribution in [3.63, 3.8) is 0 Å². The van der Waals surface area contributed by atoms with E-state index in [1.54, 1.807) is 0 Å². The molecule has 0 bridgehead atoms. The first kappa shape index (κ1) is 83.1. The number of ether oxygens (including phenoxy) is 1. The van der Waals surface area contributed by atoms with Gasteiger partial charge in [-0.1, -0.05) is 371 Å². The zero-order chi connectivity index (χ0) is 61.3. The van der Waals surface area contributed by atoms with Gasteiger partial charge in [-0.15, -0.1) is 0 Å². The number of rotatable bonds is 73. The van der Waals surface area contributed by atoms with Gasteiger partial charge in [-0.2, -0.15) is 0 Å². The molecule has 2 unspecified atom stereocenters. The largest absolute Gasteiger partial charge is 0.466 e. The Morgan fingerprint density at radius 3 is 0.929 bits per heavy atom. The van der Waals surface area contributed by atoms with Gasteiger partial charge in [-0.25, -0.2) is 0 Å². The van der Waals surface area contributed by atoms with Crippen LogP contribution in [0, 0.1) is 0 Å². The van der Waals surface area contributed by atoms with Crippen molar-refractivity contribution in [1.82, 2.24) is 5.32 Å². The summed E-state index contributed by atoms with van der Waals surface area (Å²) in [6.45, 7) is 4.96. The molecule has 6 nitrogen and oxygen atoms in total. The number of hydrogen-bond acceptors (Lipinski definition) is 5. The molecule has 502 valence electrons. The van der Waals surface area contributed by atoms with Crippen LogP contribution in [-0.2, 0) is 14.3 Å². The highest BCUT2D eigenvalue weighted by atomic mass is 16.5. The Morgan fingerprint density at radius 1 is 0.329 bits per heavy atom. The summed E-state index contributed by atoms with van der Waals surface area (Å²) in [6, 6.07) is -0.537. The molecule has 3 N–H and O–H groups in total. The maximum Gasteiger partial charge on any atom is 0.305 e. The summed E-state index contributed by atoms with van der Waals surface area (Å²) in [5.41, 5.74) is 0. The van der Waals surface area contributed by atoms with Gasteiger partial charge in [0.05, 0.1) is 25.4 Å². The summed E-state index contributed by atoms with van der Waals surface area (Å²) in [7, 11) is 0. The highest BCUT2D eigenvalue weighted by Crippen LogP contribution is 2.19. The highest BCUT2D eigenvalue weighted by molar-refractivity contribution is 5.76. The number of carbonyl (C=O) groups is 2. The predicted octanol–water partition coefficient (Wildman–Crippen LogP) is 25.4. The lowest BCUT2D eigenvalue weighted by atomic mass is 10.0. The zero-order valence-corrected chi connectivity index (χ0v) is 57.6. The van der Waals surface area contributed by atoms with E-state index in [0.29, 0.717) is 25.9 Å². The Morgan fingerprint density at radius 2 is 0.588 bits per heavy atom. The van der Waals surface area contributed by atoms with E-state index in [4.69, 9.17) is 4.74 Å². The van der Waals surface area contributed by atoms with Crippen molar-refractivity contribution in [3.05, 3.63) is 36.5 Å². The first-order valence-corrected chi connectivity index (χ1v) is 38.7. The first-order chi connectivity index (χ1) is 42.0. The van der Waals surface area contributed by atoms with E-state index < -0.39 is 12.1 Å². The summed E-state index contributed by atoms with van der Waals surface area (Å²) < 4.78 is 5.51. The van der Waals surface area contributed by atoms with Crippen LogP contribution in [0.1, 0.15) is 431 Å². The molecular formula is C79H151NO5. The van der Waals surface area contributed by atoms with Crippen molar-refractivity contribution >= 4 is 11.9 Å². The molecule has 0 aromatic heterocycles. The van der Waals surface area contributed by atoms with Crippen LogP contribution in [0.2, 0.25) is 0 Å². The number of amides is 1. The van der Waals surface area contributed by atoms with Gasteiger partial charge < -0.3 is 20.3 Å². The molecule has 0 radical (unpaired) electrons. The van der Waals surface area contributed by atoms with Crippen molar-refractivity contribution in [2.75, 3.05) is 13.2 Å². The molecular weight excluding hydrogens is 1040 g/mol. The molecule has 85 heavy (non-hydrogen) atoms. The molecule has 0 heterocycles. The smallest absolute Gasteiger partial charge is 0.305 e. The van der Waals surface area contributed by atoms with Gasteiger partial charge >= 0.3 is 5.97 Å². The van der Waals surface area contributed by atoms with Crippen LogP contribution in [0.15, 0.2) is 36.5 Å². The minimum absolute atomic E-state index is 0.0182. The van der Waals surface area contributed by atoms with Gasteiger partial charge in [-0.05, 0) is 83.5 Å². The molecule has 0 rings (SSSR count). The molecule has 0 aromatic carbocycles. The van der Waals surface area contributed by atoms with Crippen molar-refractivity contribution in [3.8, 4) is 0 Å². The monoisotopic (exact) mass is 1190 g/mol. The van der Waals surface area contributed by atoms with Gasteiger partial charge in [0.25, 0.3) is 0 Å². The molecule has 0 fully saturated rings. The SMILES string of the molecule is CCCCC/C=C\C/C=C\CCCCCCCCCCCC(=O)OCCCCCCCCCCCCCCCCCC/C=C\CCCCCCCCCCCCCCCCCCCC(=O)NC(CO)C(O)CCCCCCCCCCCCCC. The highest BCUT2D eigenvalue weighted by Gasteiger charge is 2.20. The van der Waals surface area contributed by atoms with E-state index >= 15 is 0 Å². The van der Waals surface area contributed by atoms with Crippen LogP contribution in [-0.4, -0.2) is 47.4 Å². The number of esters is 1. The van der Waals surface area contributed by atoms with Crippen LogP contribution in [0.25, 0.3) is 0 Å². The van der Waals surface area contributed by atoms with E-state index in [-0.39, 0.29) is 18.5 Å². The molecule has 6 heteroatoms. The summed E-state index contributed by atoms with van der Waals surface area (Å²) in [4.78, 5) is 24.6. The van der Waals surface area contributed by atoms with Crippen molar-refractivity contribution in [2.45, 2.75) is 443 Å². The number of unbranched alkanes of at least 4 members (excludes halogenated alkanes) is 56. The average molecular weight is 1200 g/mol. The molecule has 0 aliphatic heterocycles. The molecule has 0 aliphatic carbocycles. The van der Waals surface area contributed by atoms with E-state index in [1.165, 1.54) is 353 Å². The Hall–Kier alpha value is -1.92. The molecule has 0 saturated carbocycles. The van der Waals surface area contributed by atoms with E-state index in [0.717, 1.165) is 44.9 Å². The second-order valence-corrected chi connectivity index (χ2v) is 26.7. The number of carbonyl (C=O) groups excluding carboxylic acids is 2. The third kappa shape index (κ3) is 71.0. The van der Waals surface area contributed by atoms with Crippen LogP contribution in [0.4, 0.5) is 0 Å². The Bertz CT molecular complexity index is 1380. The van der Waals surface area contributed by atoms with Crippen LogP contribution >= 0.6 is 0 Å². The van der Waals surface area contributed by atoms with Gasteiger partial charge in [0, 0.05) is 12.8 Å². The predicted molar refractivity (Wildman–Crippen MR) is 375 cm³/mol. The lowest BCUT2D eigenvalue weighted by molar-refractivity contribution is -0.143. The lowest BCUT2D eigenvalue weighted by Gasteiger charge is -2.22. The molecule has 0 spiro atoms. The number of aliphatic hydroxyl groups is 2. The normalized spacial score (nSPS) is 12.7. The third-order valence-electron chi connectivity index (χ3n) is 18.2. The molecule has 0 aliphatic rings. The minimum atomic E-state index is -0.660. The summed E-state index contributed by atoms with van der Waals surface area (Å²) in [5.74, 6) is -0.0111. The Labute approximate surface area is 532 Å². The Balaban J connectivity index is 3.31. The summed E-state index contributed by atoms with van der Waals surface area (Å²) in [6.07, 6.45) is 96.7. The molecule has 1 amide bonds. The Kier molecular flexibility index (Phi) is 72.9. The fourth-order valence-electron chi connectivity index (χ4n) is 12.3. The lowest BCUT2D eigenvalue weighted by Crippen LogP contribution is -2.45. The maximum atomic E-state index is 12.5. The second kappa shape index (κ2) is 74.5. The average Bonchev–Trinajstić information content (AvgIpc) is 3.52. The number of hydrogen-bond donors (Lipinski definition) is 3. The van der Waals surface area contributed by atoms with E-state index in [1.807, 2.05) is 0 Å². The number of aliphatic hydroxyl groups excluding tert-OH is 2. The first-order valence-electron chi connectivity index (χ1n) is 38.7. The molecule has 0 saturated heterocycles. The summed E-state index contributed by atoms with van der Waals surface area (Å²) in [5, 5.41) is 23.3. The van der Waals surface area contributed by atoms with E-state index in [2.05, 4.69) is 55.6 Å². The van der Waals surface area contributed by atoms with Crippen LogP contribution < -0.4 is 5.32 Å². The zero-order valence-electron chi connectivity index (χ0n) is 57.6. The fraction of sp³-hybridized carbons (Fsp3) is 0.899. The second-order valence-electron chi connectivity index (χ2n) is 26.7. The van der Waals surface area contributed by atoms with Gasteiger partial charge in [0.1, 0.15) is 0 Å². The minimum Gasteiger partial charge on any atom is -0.466 e. The van der Waals surface area contributed by atoms with Crippen molar-refractivity contribution in [1.29, 1.82) is 0 Å². The third-order valence-corrected chi connectivity index (χ3v) is 18.2. The fourth-order valence-corrected chi connectivity index (χ4v) is 12.3. The van der Waals surface area contributed by atoms with Crippen molar-refractivity contribution < 1.29 is 24.5 Å². The van der Waals surface area contributed by atoms with Crippen LogP contribution in [0.3, 0.4) is 0 Å². The van der Waals surface area contributed by atoms with Gasteiger partial charge in [0.2, 0.25) is 5.91 Å². The van der Waals surface area contributed by atoms with Gasteiger partial charge in [0.15, 0.2) is 0 Å². The number of nitrogens with one attached hydrogen (secondary N) is 1. The van der Waals surface area contributed by atoms with Gasteiger partial charge in [-0.3, -0.25) is 9.59 Å². The van der Waals surface area contributed by atoms with Crippen LogP contribution in [0.5, 0.6) is 0 Å². The summed E-state index contributed by atoms with van der Waals surface area (Å²) >= 11 is 0. The number of allylic oxidation sites excluding steroid dienone is 6. The molecule has 0 aromatic rings. The topological polar surface area (TPSA) is 95.9 Å². The van der Waals surface area contributed by atoms with E-state index in [9.17, 15) is 19.8 Å². The van der Waals surface area contributed by atoms with Crippen molar-refractivity contribution in [2.24, 2.45) is 0 Å². The maximum absolute atomic E-state index is 12.5.